The van der Waals surface area contributed by atoms with Gasteiger partial charge in [0.25, 0.3) is 5.91 Å². The Balaban J connectivity index is 1.16. The molecule has 2 aliphatic rings. The largest absolute Gasteiger partial charge is 0.340 e. The van der Waals surface area contributed by atoms with Gasteiger partial charge in [0.05, 0.1) is 5.69 Å². The second kappa shape index (κ2) is 11.9. The second-order valence-electron chi connectivity index (χ2n) is 10.2. The van der Waals surface area contributed by atoms with Crippen molar-refractivity contribution in [2.45, 2.75) is 37.3 Å². The third-order valence-corrected chi connectivity index (χ3v) is 7.48. The van der Waals surface area contributed by atoms with Gasteiger partial charge in [0.15, 0.2) is 0 Å². The Kier molecular flexibility index (Phi) is 8.14. The van der Waals surface area contributed by atoms with Crippen molar-refractivity contribution in [1.82, 2.24) is 30.2 Å². The molecule has 8 nitrogen and oxygen atoms in total. The Morgan fingerprint density at radius 3 is 2.47 bits per heavy atom. The van der Waals surface area contributed by atoms with E-state index >= 15 is 0 Å². The molecule has 5 rings (SSSR count). The van der Waals surface area contributed by atoms with Crippen molar-refractivity contribution in [3.05, 3.63) is 83.9 Å². The van der Waals surface area contributed by atoms with Crippen LogP contribution in [0.15, 0.2) is 67.0 Å². The van der Waals surface area contributed by atoms with Crippen molar-refractivity contribution < 1.29 is 14.0 Å². The number of halogens is 1. The monoisotopic (exact) mass is 518 g/mol. The molecule has 1 aliphatic heterocycles. The van der Waals surface area contributed by atoms with Crippen molar-refractivity contribution in [2.24, 2.45) is 0 Å². The summed E-state index contributed by atoms with van der Waals surface area (Å²) in [5.74, 6) is -0.0834. The smallest absolute Gasteiger partial charge is 0.251 e. The van der Waals surface area contributed by atoms with E-state index in [0.29, 0.717) is 37.0 Å². The molecule has 0 radical (unpaired) electrons. The van der Waals surface area contributed by atoms with Gasteiger partial charge in [0, 0.05) is 56.1 Å². The maximum absolute atomic E-state index is 13.4. The van der Waals surface area contributed by atoms with Crippen LogP contribution in [0, 0.1) is 5.82 Å². The third kappa shape index (κ3) is 6.46. The van der Waals surface area contributed by atoms with Crippen molar-refractivity contribution in [2.75, 3.05) is 39.8 Å². The summed E-state index contributed by atoms with van der Waals surface area (Å²) in [7, 11) is 2.05. The van der Waals surface area contributed by atoms with Crippen LogP contribution in [0.2, 0.25) is 0 Å². The second-order valence-corrected chi connectivity index (χ2v) is 10.2. The van der Waals surface area contributed by atoms with Gasteiger partial charge in [-0.1, -0.05) is 12.1 Å². The SMILES string of the molecule is CN1CCN(C(=O)[C@H](CCCN[C@@H]2C[C@H]2c2ccc(F)cc2)NC(=O)c2ccc(-n3cccn3)cc2)CC1. The maximum Gasteiger partial charge on any atom is 0.251 e. The molecule has 2 amide bonds. The molecule has 2 N–H and O–H groups in total. The number of rotatable bonds is 10. The van der Waals surface area contributed by atoms with Gasteiger partial charge in [-0.2, -0.15) is 5.10 Å². The van der Waals surface area contributed by atoms with Crippen LogP contribution in [0.5, 0.6) is 0 Å². The van der Waals surface area contributed by atoms with E-state index in [4.69, 9.17) is 0 Å². The lowest BCUT2D eigenvalue weighted by molar-refractivity contribution is -0.135. The predicted molar refractivity (Wildman–Crippen MR) is 144 cm³/mol. The maximum atomic E-state index is 13.4. The van der Waals surface area contributed by atoms with Gasteiger partial charge < -0.3 is 20.4 Å². The number of amides is 2. The van der Waals surface area contributed by atoms with Gasteiger partial charge in [0.2, 0.25) is 5.91 Å². The highest BCUT2D eigenvalue weighted by molar-refractivity contribution is 5.97. The van der Waals surface area contributed by atoms with Crippen molar-refractivity contribution in [3.63, 3.8) is 0 Å². The Labute approximate surface area is 222 Å². The van der Waals surface area contributed by atoms with E-state index in [9.17, 15) is 14.0 Å². The molecule has 2 heterocycles. The van der Waals surface area contributed by atoms with Crippen LogP contribution in [0.25, 0.3) is 5.69 Å². The summed E-state index contributed by atoms with van der Waals surface area (Å²) in [6, 6.07) is 15.6. The quantitative estimate of drug-likeness (QED) is 0.404. The fourth-order valence-electron chi connectivity index (χ4n) is 5.03. The van der Waals surface area contributed by atoms with Gasteiger partial charge in [-0.3, -0.25) is 9.59 Å². The molecule has 38 heavy (non-hydrogen) atoms. The van der Waals surface area contributed by atoms with Crippen LogP contribution in [0.3, 0.4) is 0 Å². The number of benzene rings is 2. The van der Waals surface area contributed by atoms with E-state index in [0.717, 1.165) is 43.7 Å². The lowest BCUT2D eigenvalue weighted by Gasteiger charge is -2.34. The molecule has 1 aromatic heterocycles. The zero-order valence-corrected chi connectivity index (χ0v) is 21.7. The molecule has 9 heteroatoms. The molecule has 2 fully saturated rings. The molecular weight excluding hydrogens is 483 g/mol. The minimum absolute atomic E-state index is 0.0183. The van der Waals surface area contributed by atoms with Crippen LogP contribution in [0.1, 0.15) is 41.1 Å². The summed E-state index contributed by atoms with van der Waals surface area (Å²) in [5.41, 5.74) is 2.52. The third-order valence-electron chi connectivity index (χ3n) is 7.48. The first kappa shape index (κ1) is 26.1. The van der Waals surface area contributed by atoms with E-state index < -0.39 is 6.04 Å². The summed E-state index contributed by atoms with van der Waals surface area (Å²) in [4.78, 5) is 30.6. The molecule has 0 bridgehead atoms. The average molecular weight is 519 g/mol. The minimum atomic E-state index is -0.578. The Bertz CT molecular complexity index is 1210. The van der Waals surface area contributed by atoms with Crippen molar-refractivity contribution in [3.8, 4) is 5.69 Å². The summed E-state index contributed by atoms with van der Waals surface area (Å²) in [6.45, 7) is 3.74. The van der Waals surface area contributed by atoms with E-state index in [1.807, 2.05) is 41.4 Å². The topological polar surface area (TPSA) is 82.5 Å². The molecule has 1 aliphatic carbocycles. The first-order valence-electron chi connectivity index (χ1n) is 13.3. The number of carbonyl (C=O) groups excluding carboxylic acids is 2. The van der Waals surface area contributed by atoms with E-state index in [2.05, 4.69) is 27.7 Å². The number of nitrogens with zero attached hydrogens (tertiary/aromatic N) is 4. The number of hydrogen-bond donors (Lipinski definition) is 2. The van der Waals surface area contributed by atoms with Gasteiger partial charge in [-0.15, -0.1) is 0 Å². The Morgan fingerprint density at radius 2 is 1.79 bits per heavy atom. The van der Waals surface area contributed by atoms with Gasteiger partial charge in [-0.05, 0) is 80.9 Å². The van der Waals surface area contributed by atoms with Crippen LogP contribution in [-0.2, 0) is 4.79 Å². The van der Waals surface area contributed by atoms with Crippen LogP contribution in [-0.4, -0.2) is 83.2 Å². The van der Waals surface area contributed by atoms with E-state index in [1.165, 1.54) is 12.1 Å². The Hall–Kier alpha value is -3.56. The fourth-order valence-corrected chi connectivity index (χ4v) is 5.03. The van der Waals surface area contributed by atoms with Crippen LogP contribution >= 0.6 is 0 Å². The van der Waals surface area contributed by atoms with Gasteiger partial charge in [-0.25, -0.2) is 9.07 Å². The Morgan fingerprint density at radius 1 is 1.05 bits per heavy atom. The average Bonchev–Trinajstić information content (AvgIpc) is 3.49. The van der Waals surface area contributed by atoms with Crippen molar-refractivity contribution in [1.29, 1.82) is 0 Å². The first-order chi connectivity index (χ1) is 18.5. The summed E-state index contributed by atoms with van der Waals surface area (Å²) >= 11 is 0. The van der Waals surface area contributed by atoms with Crippen LogP contribution < -0.4 is 10.6 Å². The summed E-state index contributed by atoms with van der Waals surface area (Å²) < 4.78 is 14.9. The number of piperazine rings is 1. The zero-order chi connectivity index (χ0) is 26.5. The molecule has 1 saturated heterocycles. The highest BCUT2D eigenvalue weighted by Crippen LogP contribution is 2.40. The standard InChI is InChI=1S/C29H35FN6O2/c1-34-16-18-35(19-17-34)29(38)26(4-2-13-31-27-20-25(27)21-5-9-23(30)10-6-21)33-28(37)22-7-11-24(12-8-22)36-15-3-14-32-36/h3,5-12,14-15,25-27,31H,2,4,13,16-20H2,1H3,(H,33,37)/t25-,26-,27+/m0/s1. The summed E-state index contributed by atoms with van der Waals surface area (Å²) in [6.07, 6.45) is 5.90. The fraction of sp³-hybridized carbons (Fsp3) is 0.414. The lowest BCUT2D eigenvalue weighted by atomic mass is 10.1. The normalized spacial score (nSPS) is 20.2. The highest BCUT2D eigenvalue weighted by Gasteiger charge is 2.37. The molecular formula is C29H35FN6O2. The lowest BCUT2D eigenvalue weighted by Crippen LogP contribution is -2.54. The van der Waals surface area contributed by atoms with Crippen LogP contribution in [0.4, 0.5) is 4.39 Å². The molecule has 3 aromatic rings. The first-order valence-corrected chi connectivity index (χ1v) is 13.3. The number of aromatic nitrogens is 2. The minimum Gasteiger partial charge on any atom is -0.340 e. The highest BCUT2D eigenvalue weighted by atomic mass is 19.1. The molecule has 0 unspecified atom stereocenters. The van der Waals surface area contributed by atoms with Gasteiger partial charge in [0.1, 0.15) is 11.9 Å². The van der Waals surface area contributed by atoms with E-state index in [1.54, 1.807) is 23.0 Å². The number of carbonyl (C=O) groups is 2. The number of hydrogen-bond acceptors (Lipinski definition) is 5. The predicted octanol–water partition coefficient (Wildman–Crippen LogP) is 2.81. The molecule has 1 saturated carbocycles. The molecule has 3 atom stereocenters. The number of likely N-dealkylation sites (N-methyl/N-ethyl adjacent to an activating group) is 1. The zero-order valence-electron chi connectivity index (χ0n) is 21.7. The molecule has 200 valence electrons. The van der Waals surface area contributed by atoms with E-state index in [-0.39, 0.29) is 17.6 Å². The summed E-state index contributed by atoms with van der Waals surface area (Å²) in [5, 5.41) is 10.8. The van der Waals surface area contributed by atoms with Gasteiger partial charge >= 0.3 is 0 Å². The van der Waals surface area contributed by atoms with Crippen molar-refractivity contribution >= 4 is 11.8 Å². The molecule has 0 spiro atoms. The number of nitrogens with one attached hydrogen (secondary N) is 2. The molecule has 2 aromatic carbocycles.